The van der Waals surface area contributed by atoms with E-state index in [1.807, 2.05) is 25.1 Å². The van der Waals surface area contributed by atoms with E-state index in [0.717, 1.165) is 22.7 Å². The number of ether oxygens (including phenoxy) is 1. The Bertz CT molecular complexity index is 563. The first-order valence-electron chi connectivity index (χ1n) is 4.91. The normalized spacial score (nSPS) is 10.1. The molecule has 0 aliphatic rings. The van der Waals surface area contributed by atoms with Crippen molar-refractivity contribution < 1.29 is 4.74 Å². The van der Waals surface area contributed by atoms with E-state index in [4.69, 9.17) is 17.0 Å². The van der Waals surface area contributed by atoms with Crippen molar-refractivity contribution in [2.45, 2.75) is 6.92 Å². The Morgan fingerprint density at radius 2 is 2.12 bits per heavy atom. The third-order valence-electron chi connectivity index (χ3n) is 2.28. The molecule has 0 saturated heterocycles. The molecule has 82 valence electrons. The van der Waals surface area contributed by atoms with Gasteiger partial charge in [0.05, 0.1) is 12.7 Å². The quantitative estimate of drug-likeness (QED) is 0.808. The molecule has 0 amide bonds. The molecule has 16 heavy (non-hydrogen) atoms. The van der Waals surface area contributed by atoms with Crippen LogP contribution in [-0.4, -0.2) is 17.1 Å². The predicted molar refractivity (Wildman–Crippen MR) is 66.1 cm³/mol. The lowest BCUT2D eigenvalue weighted by Gasteiger charge is -2.08. The van der Waals surface area contributed by atoms with Crippen LogP contribution in [-0.2, 0) is 0 Å². The molecular formula is C12H12N2OS. The monoisotopic (exact) mass is 232 g/mol. The van der Waals surface area contributed by atoms with Crippen LogP contribution >= 0.6 is 12.2 Å². The molecule has 0 saturated carbocycles. The maximum Gasteiger partial charge on any atom is 0.141 e. The molecule has 0 fully saturated rings. The number of methoxy groups -OCH3 is 1. The molecule has 0 radical (unpaired) electrons. The van der Waals surface area contributed by atoms with Gasteiger partial charge in [-0.3, -0.25) is 0 Å². The maximum atomic E-state index is 5.33. The number of hydrogen-bond acceptors (Lipinski definition) is 3. The fourth-order valence-electron chi connectivity index (χ4n) is 1.50. The fraction of sp³-hybridized carbons (Fsp3) is 0.167. The smallest absolute Gasteiger partial charge is 0.141 e. The summed E-state index contributed by atoms with van der Waals surface area (Å²) in [7, 11) is 1.65. The summed E-state index contributed by atoms with van der Waals surface area (Å²) < 4.78 is 5.99. The number of nitrogens with zero attached hydrogens (tertiary/aromatic N) is 1. The fourth-order valence-corrected chi connectivity index (χ4v) is 1.66. The summed E-state index contributed by atoms with van der Waals surface area (Å²) in [5.74, 6) is 1.52. The molecule has 4 heteroatoms. The van der Waals surface area contributed by atoms with Gasteiger partial charge < -0.3 is 9.72 Å². The second kappa shape index (κ2) is 4.45. The van der Waals surface area contributed by atoms with Gasteiger partial charge in [0.2, 0.25) is 0 Å². The molecule has 0 unspecified atom stereocenters. The minimum absolute atomic E-state index is 0.660. The summed E-state index contributed by atoms with van der Waals surface area (Å²) in [4.78, 5) is 7.29. The minimum Gasteiger partial charge on any atom is -0.496 e. The van der Waals surface area contributed by atoms with Crippen molar-refractivity contribution in [2.24, 2.45) is 0 Å². The van der Waals surface area contributed by atoms with Crippen molar-refractivity contribution in [1.29, 1.82) is 0 Å². The zero-order valence-electron chi connectivity index (χ0n) is 9.15. The molecular weight excluding hydrogens is 220 g/mol. The summed E-state index contributed by atoms with van der Waals surface area (Å²) in [6.45, 7) is 2.02. The van der Waals surface area contributed by atoms with Gasteiger partial charge in [-0.25, -0.2) is 4.98 Å². The van der Waals surface area contributed by atoms with Crippen LogP contribution in [0.15, 0.2) is 30.5 Å². The van der Waals surface area contributed by atoms with Crippen LogP contribution in [0.1, 0.15) is 5.56 Å². The van der Waals surface area contributed by atoms with Crippen LogP contribution in [0.25, 0.3) is 11.4 Å². The Morgan fingerprint density at radius 1 is 1.31 bits per heavy atom. The minimum atomic E-state index is 0.660. The molecule has 2 rings (SSSR count). The zero-order chi connectivity index (χ0) is 11.5. The second-order valence-electron chi connectivity index (χ2n) is 3.49. The van der Waals surface area contributed by atoms with E-state index in [0.29, 0.717) is 4.64 Å². The molecule has 0 atom stereocenters. The molecule has 1 N–H and O–H groups in total. The molecule has 1 aromatic heterocycles. The molecule has 0 aliphatic heterocycles. The number of aromatic nitrogens is 2. The van der Waals surface area contributed by atoms with E-state index in [2.05, 4.69) is 9.97 Å². The van der Waals surface area contributed by atoms with Crippen LogP contribution < -0.4 is 4.74 Å². The second-order valence-corrected chi connectivity index (χ2v) is 3.93. The van der Waals surface area contributed by atoms with E-state index in [1.54, 1.807) is 19.4 Å². The highest BCUT2D eigenvalue weighted by Crippen LogP contribution is 2.27. The van der Waals surface area contributed by atoms with Gasteiger partial charge in [0.25, 0.3) is 0 Å². The van der Waals surface area contributed by atoms with Crippen LogP contribution in [0.3, 0.4) is 0 Å². The first kappa shape index (κ1) is 10.8. The highest BCUT2D eigenvalue weighted by molar-refractivity contribution is 7.71. The van der Waals surface area contributed by atoms with Gasteiger partial charge in [-0.05, 0) is 30.7 Å². The van der Waals surface area contributed by atoms with Crippen molar-refractivity contribution in [1.82, 2.24) is 9.97 Å². The average Bonchev–Trinajstić information content (AvgIpc) is 2.28. The molecule has 1 aromatic carbocycles. The average molecular weight is 232 g/mol. The third-order valence-corrected chi connectivity index (χ3v) is 2.52. The number of aromatic amines is 1. The zero-order valence-corrected chi connectivity index (χ0v) is 9.97. The maximum absolute atomic E-state index is 5.33. The lowest BCUT2D eigenvalue weighted by Crippen LogP contribution is -1.93. The van der Waals surface area contributed by atoms with Crippen LogP contribution in [0.4, 0.5) is 0 Å². The standard InChI is InChI=1S/C12H12N2OS/c1-8-3-4-9(10(7-8)15-2)12-13-6-5-11(16)14-12/h3-7H,1-2H3,(H,13,14,16). The number of hydrogen-bond donors (Lipinski definition) is 1. The number of benzene rings is 1. The Hall–Kier alpha value is -1.68. The predicted octanol–water partition coefficient (Wildman–Crippen LogP) is 3.12. The SMILES string of the molecule is COc1cc(C)ccc1-c1nccc(=S)[nH]1. The van der Waals surface area contributed by atoms with Gasteiger partial charge in [-0.1, -0.05) is 18.3 Å². The van der Waals surface area contributed by atoms with Gasteiger partial charge in [-0.15, -0.1) is 0 Å². The Balaban J connectivity index is 2.59. The van der Waals surface area contributed by atoms with Crippen LogP contribution in [0, 0.1) is 11.6 Å². The van der Waals surface area contributed by atoms with Crippen LogP contribution in [0.5, 0.6) is 5.75 Å². The van der Waals surface area contributed by atoms with E-state index >= 15 is 0 Å². The van der Waals surface area contributed by atoms with Crippen molar-refractivity contribution >= 4 is 12.2 Å². The molecule has 1 heterocycles. The highest BCUT2D eigenvalue weighted by Gasteiger charge is 2.06. The van der Waals surface area contributed by atoms with Gasteiger partial charge in [0.15, 0.2) is 0 Å². The third kappa shape index (κ3) is 2.12. The summed E-state index contributed by atoms with van der Waals surface area (Å²) in [5.41, 5.74) is 2.06. The lowest BCUT2D eigenvalue weighted by atomic mass is 10.1. The van der Waals surface area contributed by atoms with Gasteiger partial charge in [-0.2, -0.15) is 0 Å². The topological polar surface area (TPSA) is 37.9 Å². The molecule has 0 aliphatic carbocycles. The van der Waals surface area contributed by atoms with E-state index in [-0.39, 0.29) is 0 Å². The summed E-state index contributed by atoms with van der Waals surface area (Å²) >= 11 is 5.07. The Kier molecular flexibility index (Phi) is 3.01. The number of nitrogens with one attached hydrogen (secondary N) is 1. The molecule has 2 aromatic rings. The number of aryl methyl sites for hydroxylation is 1. The lowest BCUT2D eigenvalue weighted by molar-refractivity contribution is 0.416. The van der Waals surface area contributed by atoms with Gasteiger partial charge in [0.1, 0.15) is 16.2 Å². The van der Waals surface area contributed by atoms with Crippen molar-refractivity contribution in [3.8, 4) is 17.1 Å². The number of H-pyrrole nitrogens is 1. The number of rotatable bonds is 2. The molecule has 0 bridgehead atoms. The molecule has 0 spiro atoms. The Morgan fingerprint density at radius 3 is 2.81 bits per heavy atom. The summed E-state index contributed by atoms with van der Waals surface area (Å²) in [6, 6.07) is 7.71. The summed E-state index contributed by atoms with van der Waals surface area (Å²) in [5, 5.41) is 0. The van der Waals surface area contributed by atoms with Gasteiger partial charge in [0, 0.05) is 6.20 Å². The van der Waals surface area contributed by atoms with E-state index < -0.39 is 0 Å². The van der Waals surface area contributed by atoms with Crippen molar-refractivity contribution in [3.63, 3.8) is 0 Å². The van der Waals surface area contributed by atoms with E-state index in [9.17, 15) is 0 Å². The first-order valence-corrected chi connectivity index (χ1v) is 5.32. The highest BCUT2D eigenvalue weighted by atomic mass is 32.1. The first-order chi connectivity index (χ1) is 7.70. The van der Waals surface area contributed by atoms with Gasteiger partial charge >= 0.3 is 0 Å². The van der Waals surface area contributed by atoms with E-state index in [1.165, 1.54) is 0 Å². The largest absolute Gasteiger partial charge is 0.496 e. The van der Waals surface area contributed by atoms with Crippen molar-refractivity contribution in [3.05, 3.63) is 40.7 Å². The van der Waals surface area contributed by atoms with Crippen molar-refractivity contribution in [2.75, 3.05) is 7.11 Å². The summed E-state index contributed by atoms with van der Waals surface area (Å²) in [6.07, 6.45) is 1.69. The molecule has 3 nitrogen and oxygen atoms in total. The van der Waals surface area contributed by atoms with Crippen LogP contribution in [0.2, 0.25) is 0 Å². The Labute approximate surface area is 99.1 Å².